The monoisotopic (exact) mass is 424 g/mol. The van der Waals surface area contributed by atoms with Gasteiger partial charge in [-0.15, -0.1) is 11.3 Å². The Labute approximate surface area is 181 Å². The average Bonchev–Trinajstić information content (AvgIpc) is 3.23. The van der Waals surface area contributed by atoms with Crippen LogP contribution in [0, 0.1) is 6.92 Å². The smallest absolute Gasteiger partial charge is 0.259 e. The van der Waals surface area contributed by atoms with Gasteiger partial charge in [0.05, 0.1) is 24.4 Å². The number of aryl methyl sites for hydroxylation is 2. The van der Waals surface area contributed by atoms with E-state index in [-0.39, 0.29) is 5.91 Å². The van der Waals surface area contributed by atoms with Gasteiger partial charge in [-0.2, -0.15) is 0 Å². The van der Waals surface area contributed by atoms with E-state index in [4.69, 9.17) is 9.15 Å². The van der Waals surface area contributed by atoms with E-state index in [2.05, 4.69) is 10.6 Å². The Kier molecular flexibility index (Phi) is 6.43. The first-order valence-corrected chi connectivity index (χ1v) is 11.4. The van der Waals surface area contributed by atoms with Crippen LogP contribution in [0.5, 0.6) is 5.75 Å². The summed E-state index contributed by atoms with van der Waals surface area (Å²) in [5, 5.41) is 7.47. The Hall–Kier alpha value is -2.73. The third kappa shape index (κ3) is 4.54. The highest BCUT2D eigenvalue weighted by atomic mass is 32.1. The molecule has 6 heteroatoms. The van der Waals surface area contributed by atoms with Crippen molar-refractivity contribution < 1.29 is 13.9 Å². The highest BCUT2D eigenvalue weighted by Crippen LogP contribution is 2.38. The molecule has 158 valence electrons. The van der Waals surface area contributed by atoms with Gasteiger partial charge in [0, 0.05) is 4.88 Å². The first-order chi connectivity index (χ1) is 14.7. The van der Waals surface area contributed by atoms with Gasteiger partial charge in [0.2, 0.25) is 0 Å². The van der Waals surface area contributed by atoms with Gasteiger partial charge in [0.25, 0.3) is 5.91 Å². The average molecular weight is 425 g/mol. The molecule has 1 aromatic carbocycles. The van der Waals surface area contributed by atoms with Crippen LogP contribution in [-0.2, 0) is 19.4 Å². The Morgan fingerprint density at radius 3 is 2.77 bits per heavy atom. The van der Waals surface area contributed by atoms with E-state index in [0.717, 1.165) is 41.3 Å². The molecule has 0 saturated heterocycles. The van der Waals surface area contributed by atoms with Crippen LogP contribution in [-0.4, -0.2) is 12.5 Å². The second kappa shape index (κ2) is 9.39. The van der Waals surface area contributed by atoms with Gasteiger partial charge in [0.15, 0.2) is 0 Å². The van der Waals surface area contributed by atoms with Crippen molar-refractivity contribution >= 4 is 27.9 Å². The molecule has 30 heavy (non-hydrogen) atoms. The Bertz CT molecular complexity index is 1020. The minimum absolute atomic E-state index is 0.0836. The molecular formula is C24H28N2O3S. The number of para-hydroxylation sites is 2. The lowest BCUT2D eigenvalue weighted by Gasteiger charge is -2.13. The largest absolute Gasteiger partial charge is 0.492 e. The van der Waals surface area contributed by atoms with Crippen LogP contribution in [0.1, 0.15) is 58.5 Å². The minimum atomic E-state index is -0.0836. The number of amides is 1. The number of rotatable bonds is 7. The summed E-state index contributed by atoms with van der Waals surface area (Å²) >= 11 is 1.71. The van der Waals surface area contributed by atoms with Gasteiger partial charge in [0.1, 0.15) is 22.3 Å². The number of benzene rings is 1. The van der Waals surface area contributed by atoms with E-state index >= 15 is 0 Å². The molecule has 1 aliphatic rings. The summed E-state index contributed by atoms with van der Waals surface area (Å²) in [4.78, 5) is 14.8. The van der Waals surface area contributed by atoms with E-state index in [9.17, 15) is 4.79 Å². The van der Waals surface area contributed by atoms with Crippen LogP contribution < -0.4 is 15.4 Å². The van der Waals surface area contributed by atoms with Crippen LogP contribution in [0.2, 0.25) is 0 Å². The summed E-state index contributed by atoms with van der Waals surface area (Å²) in [6.07, 6.45) is 5.50. The molecule has 2 N–H and O–H groups in total. The number of hydrogen-bond donors (Lipinski definition) is 2. The third-order valence-electron chi connectivity index (χ3n) is 5.30. The maximum Gasteiger partial charge on any atom is 0.259 e. The maximum absolute atomic E-state index is 13.4. The highest BCUT2D eigenvalue weighted by molar-refractivity contribution is 7.16. The van der Waals surface area contributed by atoms with Crippen LogP contribution >= 0.6 is 11.3 Å². The van der Waals surface area contributed by atoms with E-state index < -0.39 is 0 Å². The van der Waals surface area contributed by atoms with Crippen LogP contribution in [0.3, 0.4) is 0 Å². The number of anilines is 2. The predicted octanol–water partition coefficient (Wildman–Crippen LogP) is 6.18. The Morgan fingerprint density at radius 1 is 1.13 bits per heavy atom. The number of nitrogens with one attached hydrogen (secondary N) is 2. The number of thiophene rings is 1. The zero-order chi connectivity index (χ0) is 20.9. The second-order valence-corrected chi connectivity index (χ2v) is 8.62. The zero-order valence-electron chi connectivity index (χ0n) is 17.5. The summed E-state index contributed by atoms with van der Waals surface area (Å²) in [5.41, 5.74) is 2.67. The summed E-state index contributed by atoms with van der Waals surface area (Å²) < 4.78 is 11.4. The van der Waals surface area contributed by atoms with Crippen LogP contribution in [0.4, 0.5) is 10.7 Å². The van der Waals surface area contributed by atoms with Gasteiger partial charge < -0.3 is 19.8 Å². The molecule has 0 atom stereocenters. The molecule has 0 bridgehead atoms. The summed E-state index contributed by atoms with van der Waals surface area (Å²) in [5.74, 6) is 2.36. The predicted molar refractivity (Wildman–Crippen MR) is 122 cm³/mol. The highest BCUT2D eigenvalue weighted by Gasteiger charge is 2.25. The fraction of sp³-hybridized carbons (Fsp3) is 0.375. The van der Waals surface area contributed by atoms with Crippen molar-refractivity contribution in [2.45, 2.75) is 52.5 Å². The van der Waals surface area contributed by atoms with E-state index in [1.807, 2.05) is 50.2 Å². The first-order valence-electron chi connectivity index (χ1n) is 10.6. The quantitative estimate of drug-likeness (QED) is 0.445. The molecule has 1 amide bonds. The van der Waals surface area contributed by atoms with Crippen molar-refractivity contribution in [3.8, 4) is 5.75 Å². The van der Waals surface area contributed by atoms with Crippen molar-refractivity contribution in [2.24, 2.45) is 0 Å². The fourth-order valence-corrected chi connectivity index (χ4v) is 5.17. The van der Waals surface area contributed by atoms with E-state index in [0.29, 0.717) is 24.6 Å². The zero-order valence-corrected chi connectivity index (χ0v) is 18.4. The van der Waals surface area contributed by atoms with Crippen LogP contribution in [0.15, 0.2) is 40.8 Å². The molecule has 2 heterocycles. The van der Waals surface area contributed by atoms with Gasteiger partial charge in [-0.05, 0) is 69.4 Å². The van der Waals surface area contributed by atoms with Crippen molar-refractivity contribution in [1.82, 2.24) is 0 Å². The van der Waals surface area contributed by atoms with Gasteiger partial charge in [-0.25, -0.2) is 0 Å². The number of furan rings is 1. The number of carbonyl (C=O) groups is 1. The second-order valence-electron chi connectivity index (χ2n) is 7.52. The molecule has 0 radical (unpaired) electrons. The lowest BCUT2D eigenvalue weighted by Crippen LogP contribution is -2.16. The van der Waals surface area contributed by atoms with Crippen molar-refractivity contribution in [3.05, 3.63) is 63.9 Å². The molecule has 0 unspecified atom stereocenters. The van der Waals surface area contributed by atoms with Crippen molar-refractivity contribution in [2.75, 3.05) is 17.2 Å². The summed E-state index contributed by atoms with van der Waals surface area (Å²) in [6, 6.07) is 11.5. The van der Waals surface area contributed by atoms with Crippen molar-refractivity contribution in [1.29, 1.82) is 0 Å². The Morgan fingerprint density at radius 2 is 1.97 bits per heavy atom. The van der Waals surface area contributed by atoms with Gasteiger partial charge >= 0.3 is 0 Å². The van der Waals surface area contributed by atoms with E-state index in [1.54, 1.807) is 11.3 Å². The summed E-state index contributed by atoms with van der Waals surface area (Å²) in [7, 11) is 0. The number of carbonyl (C=O) groups excluding carboxylic acids is 1. The molecule has 0 spiro atoms. The molecule has 3 aromatic rings. The molecule has 2 aromatic heterocycles. The lowest BCUT2D eigenvalue weighted by atomic mass is 10.0. The topological polar surface area (TPSA) is 63.5 Å². The van der Waals surface area contributed by atoms with Gasteiger partial charge in [-0.3, -0.25) is 4.79 Å². The molecule has 4 rings (SSSR count). The number of ether oxygens (including phenoxy) is 1. The molecule has 0 fully saturated rings. The fourth-order valence-electron chi connectivity index (χ4n) is 3.89. The maximum atomic E-state index is 13.4. The lowest BCUT2D eigenvalue weighted by molar-refractivity contribution is 0.102. The molecule has 0 saturated carbocycles. The third-order valence-corrected chi connectivity index (χ3v) is 6.55. The van der Waals surface area contributed by atoms with Gasteiger partial charge in [-0.1, -0.05) is 18.6 Å². The first kappa shape index (κ1) is 20.5. The SMILES string of the molecule is CCOc1ccccc1NC(=O)c1c(NCc2ccc(C)o2)sc2c1CCCCC2. The standard InChI is InChI=1S/C24H28N2O3S/c1-3-28-20-11-8-7-10-19(20)26-23(27)22-18-9-5-4-6-12-21(18)30-24(22)25-15-17-14-13-16(2)29-17/h7-8,10-11,13-14,25H,3-6,9,12,15H2,1-2H3,(H,26,27). The molecule has 5 nitrogen and oxygen atoms in total. The van der Waals surface area contributed by atoms with Crippen LogP contribution in [0.25, 0.3) is 0 Å². The van der Waals surface area contributed by atoms with E-state index in [1.165, 1.54) is 23.3 Å². The molecule has 0 aliphatic heterocycles. The number of hydrogen-bond acceptors (Lipinski definition) is 5. The normalized spacial score (nSPS) is 13.4. The Balaban J connectivity index is 1.63. The summed E-state index contributed by atoms with van der Waals surface area (Å²) in [6.45, 7) is 4.99. The molecule has 1 aliphatic carbocycles. The minimum Gasteiger partial charge on any atom is -0.492 e. The number of fused-ring (bicyclic) bond motifs is 1. The van der Waals surface area contributed by atoms with Crippen molar-refractivity contribution in [3.63, 3.8) is 0 Å². The molecular weight excluding hydrogens is 396 g/mol.